The van der Waals surface area contributed by atoms with Gasteiger partial charge in [-0.1, -0.05) is 23.9 Å². The van der Waals surface area contributed by atoms with Crippen LogP contribution in [0.2, 0.25) is 0 Å². The number of aliphatic carboxylic acids is 4. The summed E-state index contributed by atoms with van der Waals surface area (Å²) < 4.78 is 5.48. The number of Topliss-reactive ketones (excluding diaryl/α,β-unsaturated/α-hetero) is 1. The maximum atomic E-state index is 12.6. The quantitative estimate of drug-likeness (QED) is 0.0825. The Morgan fingerprint density at radius 2 is 1.21 bits per heavy atom. The first-order valence-corrected chi connectivity index (χ1v) is 18.0. The molecule has 18 heteroatoms. The number of hydrogen-bond acceptors (Lipinski definition) is 13. The van der Waals surface area contributed by atoms with Crippen molar-refractivity contribution in [2.45, 2.75) is 50.0 Å². The van der Waals surface area contributed by atoms with Crippen LogP contribution in [0.15, 0.2) is 29.2 Å². The predicted molar refractivity (Wildman–Crippen MR) is 189 cm³/mol. The Morgan fingerprint density at radius 1 is 0.712 bits per heavy atom. The first kappa shape index (κ1) is 44.2. The average molecular weight is 754 g/mol. The highest BCUT2D eigenvalue weighted by atomic mass is 32.2. The Morgan fingerprint density at radius 3 is 1.67 bits per heavy atom. The molecule has 0 aliphatic carbocycles. The second-order valence-electron chi connectivity index (χ2n) is 12.5. The number of hydrogen-bond donors (Lipinski definition) is 5. The summed E-state index contributed by atoms with van der Waals surface area (Å²) >= 11 is 1.10. The molecule has 1 unspecified atom stereocenters. The molecule has 1 fully saturated rings. The van der Waals surface area contributed by atoms with E-state index in [0.717, 1.165) is 22.2 Å². The van der Waals surface area contributed by atoms with E-state index in [9.17, 15) is 54.0 Å². The number of carbonyl (C=O) groups excluding carboxylic acids is 3. The zero-order valence-corrected chi connectivity index (χ0v) is 30.4. The van der Waals surface area contributed by atoms with E-state index in [2.05, 4.69) is 5.32 Å². The summed E-state index contributed by atoms with van der Waals surface area (Å²) in [5.74, 6) is -4.73. The molecule has 0 saturated carbocycles. The number of ether oxygens (including phenoxy) is 1. The van der Waals surface area contributed by atoms with Crippen LogP contribution in [0, 0.1) is 0 Å². The second-order valence-corrected chi connectivity index (χ2v) is 13.6. The van der Waals surface area contributed by atoms with Gasteiger partial charge in [-0.05, 0) is 37.5 Å². The number of nitrogens with one attached hydrogen (secondary N) is 1. The first-order chi connectivity index (χ1) is 24.7. The highest BCUT2D eigenvalue weighted by Crippen LogP contribution is 2.21. The van der Waals surface area contributed by atoms with Gasteiger partial charge in [0.2, 0.25) is 5.91 Å². The molecule has 1 aromatic rings. The third-order valence-electron chi connectivity index (χ3n) is 8.26. The number of nitrogens with zero attached hydrogens (tertiary/aromatic N) is 4. The van der Waals surface area contributed by atoms with Crippen LogP contribution in [0.3, 0.4) is 0 Å². The maximum absolute atomic E-state index is 12.6. The van der Waals surface area contributed by atoms with E-state index < -0.39 is 35.8 Å². The number of carbonyl (C=O) groups is 7. The summed E-state index contributed by atoms with van der Waals surface area (Å²) in [6, 6.07) is 6.34. The van der Waals surface area contributed by atoms with Gasteiger partial charge in [0, 0.05) is 83.1 Å². The number of amides is 1. The molecule has 1 atom stereocenters. The lowest BCUT2D eigenvalue weighted by atomic mass is 10.1. The van der Waals surface area contributed by atoms with Crippen LogP contribution in [0.25, 0.3) is 0 Å². The fourth-order valence-electron chi connectivity index (χ4n) is 5.48. The Kier molecular flexibility index (Phi) is 20.7. The van der Waals surface area contributed by atoms with Crippen LogP contribution < -0.4 is 5.32 Å². The highest BCUT2D eigenvalue weighted by Gasteiger charge is 2.28. The minimum atomic E-state index is -1.18. The molecule has 0 spiro atoms. The normalized spacial score (nSPS) is 16.2. The Hall–Kier alpha value is -3.94. The van der Waals surface area contributed by atoms with Gasteiger partial charge in [-0.25, -0.2) is 0 Å². The number of carboxylic acids is 4. The van der Waals surface area contributed by atoms with Gasteiger partial charge in [0.25, 0.3) is 0 Å². The number of aryl methyl sites for hydroxylation is 1. The van der Waals surface area contributed by atoms with E-state index in [0.29, 0.717) is 12.8 Å². The summed E-state index contributed by atoms with van der Waals surface area (Å²) in [4.78, 5) is 90.1. The van der Waals surface area contributed by atoms with Crippen molar-refractivity contribution in [1.82, 2.24) is 24.9 Å². The van der Waals surface area contributed by atoms with Crippen LogP contribution in [-0.4, -0.2) is 179 Å². The number of carboxylic acid groups (broad SMARTS) is 4. The zero-order chi connectivity index (χ0) is 38.5. The summed E-state index contributed by atoms with van der Waals surface area (Å²) in [6.07, 6.45) is 1.10. The van der Waals surface area contributed by atoms with Crippen molar-refractivity contribution in [3.63, 3.8) is 0 Å². The fraction of sp³-hybridized carbons (Fsp3) is 0.618. The molecule has 1 aliphatic rings. The standard InChI is InChI=1S/C34H51N5O12S/c1-25(40)2-3-26-4-6-27(7-5-26)52-33(48)10-20-51-21-11-35-29(41)9-8-28(34(49)50)39-18-16-37(23-31(44)45)14-12-36(22-30(42)43)13-15-38(17-19-39)24-32(46)47/h4-7,28H,2-3,8-24H2,1H3,(H,35,41)(H,42,43)(H,44,45)(H,46,47)(H,49,50). The van der Waals surface area contributed by atoms with Gasteiger partial charge in [0.15, 0.2) is 5.12 Å². The molecular weight excluding hydrogens is 702 g/mol. The third-order valence-corrected chi connectivity index (χ3v) is 9.20. The summed E-state index contributed by atoms with van der Waals surface area (Å²) in [7, 11) is 0. The van der Waals surface area contributed by atoms with Crippen molar-refractivity contribution >= 4 is 52.4 Å². The molecule has 0 radical (unpaired) electrons. The zero-order valence-electron chi connectivity index (χ0n) is 29.6. The molecule has 1 saturated heterocycles. The lowest BCUT2D eigenvalue weighted by Crippen LogP contribution is -2.52. The average Bonchev–Trinajstić information content (AvgIpc) is 3.06. The number of benzene rings is 1. The van der Waals surface area contributed by atoms with Crippen molar-refractivity contribution in [2.24, 2.45) is 0 Å². The Labute approximate surface area is 307 Å². The van der Waals surface area contributed by atoms with Gasteiger partial charge in [-0.3, -0.25) is 48.4 Å². The van der Waals surface area contributed by atoms with Gasteiger partial charge < -0.3 is 35.3 Å². The van der Waals surface area contributed by atoms with E-state index in [1.807, 2.05) is 24.3 Å². The monoisotopic (exact) mass is 753 g/mol. The molecule has 1 heterocycles. The summed E-state index contributed by atoms with van der Waals surface area (Å²) in [5.41, 5.74) is 1.02. The first-order valence-electron chi connectivity index (χ1n) is 17.1. The van der Waals surface area contributed by atoms with Gasteiger partial charge in [-0.15, -0.1) is 0 Å². The van der Waals surface area contributed by atoms with Gasteiger partial charge in [-0.2, -0.15) is 0 Å². The molecule has 1 aliphatic heterocycles. The van der Waals surface area contributed by atoms with Crippen molar-refractivity contribution in [2.75, 3.05) is 91.8 Å². The molecule has 0 bridgehead atoms. The SMILES string of the molecule is CC(=O)CCc1ccc(SC(=O)CCOCCNC(=O)CCC(C(=O)O)N2CCN(CC(=O)O)CCN(CC(=O)O)CCN(CC(=O)O)CC2)cc1. The second kappa shape index (κ2) is 24.3. The lowest BCUT2D eigenvalue weighted by Gasteiger charge is -2.35. The van der Waals surface area contributed by atoms with Crippen molar-refractivity contribution in [1.29, 1.82) is 0 Å². The van der Waals surface area contributed by atoms with E-state index >= 15 is 0 Å². The Bertz CT molecular complexity index is 1320. The van der Waals surface area contributed by atoms with Crippen LogP contribution in [0.5, 0.6) is 0 Å². The van der Waals surface area contributed by atoms with Crippen molar-refractivity contribution in [3.8, 4) is 0 Å². The van der Waals surface area contributed by atoms with Crippen LogP contribution >= 0.6 is 11.8 Å². The molecule has 2 rings (SSSR count). The van der Waals surface area contributed by atoms with Crippen LogP contribution in [0.1, 0.15) is 38.2 Å². The van der Waals surface area contributed by atoms with Crippen LogP contribution in [-0.2, 0) is 44.7 Å². The van der Waals surface area contributed by atoms with E-state index in [1.54, 1.807) is 26.5 Å². The topological polar surface area (TPSA) is 235 Å². The molecule has 52 heavy (non-hydrogen) atoms. The minimum absolute atomic E-state index is 0.0598. The smallest absolute Gasteiger partial charge is 0.320 e. The van der Waals surface area contributed by atoms with Gasteiger partial charge in [0.1, 0.15) is 11.8 Å². The largest absolute Gasteiger partial charge is 0.480 e. The number of thioether (sulfide) groups is 1. The number of rotatable bonds is 21. The maximum Gasteiger partial charge on any atom is 0.320 e. The van der Waals surface area contributed by atoms with E-state index in [1.165, 1.54) is 0 Å². The summed E-state index contributed by atoms with van der Waals surface area (Å²) in [6.45, 7) is 2.35. The molecule has 1 aromatic carbocycles. The predicted octanol–water partition coefficient (Wildman–Crippen LogP) is 0.0586. The Balaban J connectivity index is 1.87. The van der Waals surface area contributed by atoms with Crippen molar-refractivity contribution < 1.29 is 58.7 Å². The molecule has 290 valence electrons. The molecule has 17 nitrogen and oxygen atoms in total. The fourth-order valence-corrected chi connectivity index (χ4v) is 6.20. The van der Waals surface area contributed by atoms with Gasteiger partial charge >= 0.3 is 23.9 Å². The van der Waals surface area contributed by atoms with Crippen molar-refractivity contribution in [3.05, 3.63) is 29.8 Å². The van der Waals surface area contributed by atoms with E-state index in [4.69, 9.17) is 4.74 Å². The molecule has 5 N–H and O–H groups in total. The summed E-state index contributed by atoms with van der Waals surface area (Å²) in [5, 5.41) is 40.9. The molecule has 0 aromatic heterocycles. The lowest BCUT2D eigenvalue weighted by molar-refractivity contribution is -0.145. The third kappa shape index (κ3) is 19.6. The molecule has 1 amide bonds. The highest BCUT2D eigenvalue weighted by molar-refractivity contribution is 8.13. The minimum Gasteiger partial charge on any atom is -0.480 e. The van der Waals surface area contributed by atoms with E-state index in [-0.39, 0.29) is 122 Å². The number of ketones is 1. The van der Waals surface area contributed by atoms with Crippen LogP contribution in [0.4, 0.5) is 0 Å². The molecular formula is C34H51N5O12S. The van der Waals surface area contributed by atoms with Gasteiger partial charge in [0.05, 0.1) is 32.8 Å².